The third-order valence-corrected chi connectivity index (χ3v) is 1.64. The Bertz CT molecular complexity index is 366. The third-order valence-electron chi connectivity index (χ3n) is 1.64. The first kappa shape index (κ1) is 10.7. The van der Waals surface area contributed by atoms with Crippen molar-refractivity contribution in [1.29, 1.82) is 0 Å². The highest BCUT2D eigenvalue weighted by atomic mass is 14.9. The molecule has 0 atom stereocenters. The van der Waals surface area contributed by atoms with Crippen LogP contribution in [0.25, 0.3) is 0 Å². The molecule has 74 valence electrons. The quantitative estimate of drug-likeness (QED) is 0.621. The second-order valence-electron chi connectivity index (χ2n) is 4.02. The number of rotatable bonds is 0. The van der Waals surface area contributed by atoms with Crippen LogP contribution in [0.2, 0.25) is 0 Å². The van der Waals surface area contributed by atoms with Gasteiger partial charge < -0.3 is 5.73 Å². The average molecular weight is 189 g/mol. The van der Waals surface area contributed by atoms with E-state index in [1.165, 1.54) is 0 Å². The van der Waals surface area contributed by atoms with E-state index in [4.69, 9.17) is 5.73 Å². The summed E-state index contributed by atoms with van der Waals surface area (Å²) in [6.45, 7) is 6.57. The molecule has 0 aliphatic carbocycles. The van der Waals surface area contributed by atoms with E-state index >= 15 is 0 Å². The van der Waals surface area contributed by atoms with Crippen molar-refractivity contribution in [3.63, 3.8) is 0 Å². The topological polar surface area (TPSA) is 51.8 Å². The summed E-state index contributed by atoms with van der Waals surface area (Å²) in [5.41, 5.74) is 5.97. The normalized spacial score (nSPS) is 10.6. The van der Waals surface area contributed by atoms with Crippen LogP contribution in [0.15, 0.2) is 12.3 Å². The van der Waals surface area contributed by atoms with Gasteiger partial charge in [-0.1, -0.05) is 26.7 Å². The van der Waals surface area contributed by atoms with Crippen LogP contribution >= 0.6 is 0 Å². The fraction of sp³-hybridized carbons (Fsp3) is 0.455. The molecule has 0 radical (unpaired) electrons. The summed E-state index contributed by atoms with van der Waals surface area (Å²) in [4.78, 5) is 8.55. The number of nitrogens with zero attached hydrogens (tertiary/aromatic N) is 2. The summed E-state index contributed by atoms with van der Waals surface area (Å²) in [6.07, 6.45) is 1.73. The van der Waals surface area contributed by atoms with Crippen LogP contribution in [0, 0.1) is 11.8 Å². The molecule has 1 heterocycles. The molecular weight excluding hydrogens is 174 g/mol. The zero-order valence-electron chi connectivity index (χ0n) is 8.83. The number of hydrogen-bond acceptors (Lipinski definition) is 3. The zero-order chi connectivity index (χ0) is 10.6. The minimum Gasteiger partial charge on any atom is -0.320 e. The highest BCUT2D eigenvalue weighted by Crippen LogP contribution is 2.17. The highest BCUT2D eigenvalue weighted by Gasteiger charge is 2.16. The van der Waals surface area contributed by atoms with Gasteiger partial charge in [-0.3, -0.25) is 0 Å². The monoisotopic (exact) mass is 189 g/mol. The van der Waals surface area contributed by atoms with Gasteiger partial charge in [0, 0.05) is 11.6 Å². The molecular formula is C11H15N3. The molecule has 0 spiro atoms. The van der Waals surface area contributed by atoms with E-state index in [0.29, 0.717) is 6.54 Å². The van der Waals surface area contributed by atoms with Gasteiger partial charge in [-0.2, -0.15) is 0 Å². The molecule has 3 nitrogen and oxygen atoms in total. The SMILES string of the molecule is CC(C)(C)c1nccc(C#CCN)n1. The fourth-order valence-corrected chi connectivity index (χ4v) is 0.931. The average Bonchev–Trinajstić information content (AvgIpc) is 2.14. The largest absolute Gasteiger partial charge is 0.320 e. The van der Waals surface area contributed by atoms with Gasteiger partial charge in [0.2, 0.25) is 0 Å². The summed E-state index contributed by atoms with van der Waals surface area (Å²) in [5, 5.41) is 0. The summed E-state index contributed by atoms with van der Waals surface area (Å²) in [6, 6.07) is 1.79. The minimum atomic E-state index is -0.0413. The van der Waals surface area contributed by atoms with Crippen molar-refractivity contribution in [1.82, 2.24) is 9.97 Å². The van der Waals surface area contributed by atoms with Crippen LogP contribution < -0.4 is 5.73 Å². The molecule has 1 aromatic rings. The van der Waals surface area contributed by atoms with Gasteiger partial charge >= 0.3 is 0 Å². The van der Waals surface area contributed by atoms with E-state index in [1.54, 1.807) is 12.3 Å². The molecule has 2 N–H and O–H groups in total. The van der Waals surface area contributed by atoms with Crippen molar-refractivity contribution >= 4 is 0 Å². The molecule has 1 rings (SSSR count). The van der Waals surface area contributed by atoms with Gasteiger partial charge in [0.1, 0.15) is 11.5 Å². The molecule has 0 saturated carbocycles. The first-order valence-corrected chi connectivity index (χ1v) is 4.56. The minimum absolute atomic E-state index is 0.0413. The Balaban J connectivity index is 3.02. The molecule has 0 aliphatic rings. The lowest BCUT2D eigenvalue weighted by Crippen LogP contribution is -2.16. The Morgan fingerprint density at radius 1 is 1.43 bits per heavy atom. The van der Waals surface area contributed by atoms with Crippen LogP contribution in [0.5, 0.6) is 0 Å². The lowest BCUT2D eigenvalue weighted by atomic mass is 9.96. The van der Waals surface area contributed by atoms with Crippen LogP contribution in [0.4, 0.5) is 0 Å². The van der Waals surface area contributed by atoms with E-state index in [-0.39, 0.29) is 5.41 Å². The van der Waals surface area contributed by atoms with Crippen molar-refractivity contribution in [3.05, 3.63) is 23.8 Å². The molecule has 0 aliphatic heterocycles. The highest BCUT2D eigenvalue weighted by molar-refractivity contribution is 5.27. The van der Waals surface area contributed by atoms with Crippen molar-refractivity contribution in [2.24, 2.45) is 5.73 Å². The molecule has 1 aromatic heterocycles. The van der Waals surface area contributed by atoms with Crippen molar-refractivity contribution < 1.29 is 0 Å². The molecule has 0 fully saturated rings. The molecule has 0 aromatic carbocycles. The summed E-state index contributed by atoms with van der Waals surface area (Å²) in [7, 11) is 0. The first-order chi connectivity index (χ1) is 6.54. The van der Waals surface area contributed by atoms with Crippen molar-refractivity contribution in [2.75, 3.05) is 6.54 Å². The molecule has 3 heteroatoms. The van der Waals surface area contributed by atoms with E-state index < -0.39 is 0 Å². The molecule has 0 unspecified atom stereocenters. The first-order valence-electron chi connectivity index (χ1n) is 4.56. The second kappa shape index (κ2) is 4.21. The van der Waals surface area contributed by atoms with Crippen LogP contribution in [-0.4, -0.2) is 16.5 Å². The molecule has 0 bridgehead atoms. The predicted octanol–water partition coefficient (Wildman–Crippen LogP) is 1.08. The van der Waals surface area contributed by atoms with E-state index in [0.717, 1.165) is 11.5 Å². The van der Waals surface area contributed by atoms with Crippen molar-refractivity contribution in [2.45, 2.75) is 26.2 Å². The lowest BCUT2D eigenvalue weighted by molar-refractivity contribution is 0.544. The third kappa shape index (κ3) is 2.82. The Hall–Kier alpha value is -1.40. The smallest absolute Gasteiger partial charge is 0.135 e. The van der Waals surface area contributed by atoms with Gasteiger partial charge in [0.25, 0.3) is 0 Å². The van der Waals surface area contributed by atoms with Gasteiger partial charge in [0.05, 0.1) is 6.54 Å². The molecule has 0 amide bonds. The fourth-order valence-electron chi connectivity index (χ4n) is 0.931. The van der Waals surface area contributed by atoms with Crippen LogP contribution in [0.1, 0.15) is 32.3 Å². The van der Waals surface area contributed by atoms with Gasteiger partial charge in [-0.05, 0) is 12.0 Å². The van der Waals surface area contributed by atoms with Gasteiger partial charge in [0.15, 0.2) is 0 Å². The van der Waals surface area contributed by atoms with Crippen LogP contribution in [0.3, 0.4) is 0 Å². The van der Waals surface area contributed by atoms with E-state index in [2.05, 4.69) is 42.6 Å². The van der Waals surface area contributed by atoms with Gasteiger partial charge in [-0.25, -0.2) is 9.97 Å². The Kier molecular flexibility index (Phi) is 3.21. The summed E-state index contributed by atoms with van der Waals surface area (Å²) in [5.74, 6) is 6.47. The Morgan fingerprint density at radius 2 is 2.14 bits per heavy atom. The van der Waals surface area contributed by atoms with E-state index in [9.17, 15) is 0 Å². The maximum absolute atomic E-state index is 5.28. The Labute approximate surface area is 84.8 Å². The Morgan fingerprint density at radius 3 is 2.71 bits per heavy atom. The summed E-state index contributed by atoms with van der Waals surface area (Å²) >= 11 is 0. The van der Waals surface area contributed by atoms with E-state index in [1.807, 2.05) is 0 Å². The number of aromatic nitrogens is 2. The van der Waals surface area contributed by atoms with Crippen LogP contribution in [-0.2, 0) is 5.41 Å². The maximum Gasteiger partial charge on any atom is 0.135 e. The lowest BCUT2D eigenvalue weighted by Gasteiger charge is -2.15. The summed E-state index contributed by atoms with van der Waals surface area (Å²) < 4.78 is 0. The standard InChI is InChI=1S/C11H15N3/c1-11(2,3)10-13-8-6-9(14-10)5-4-7-12/h6,8H,7,12H2,1-3H3. The predicted molar refractivity (Wildman–Crippen MR) is 56.7 cm³/mol. The molecule has 14 heavy (non-hydrogen) atoms. The second-order valence-corrected chi connectivity index (χ2v) is 4.02. The maximum atomic E-state index is 5.28. The van der Waals surface area contributed by atoms with Gasteiger partial charge in [-0.15, -0.1) is 0 Å². The molecule has 0 saturated heterocycles. The van der Waals surface area contributed by atoms with Crippen molar-refractivity contribution in [3.8, 4) is 11.8 Å². The number of hydrogen-bond donors (Lipinski definition) is 1. The number of nitrogens with two attached hydrogens (primary N) is 1. The zero-order valence-corrected chi connectivity index (χ0v) is 8.83.